The van der Waals surface area contributed by atoms with Crippen LogP contribution in [0.2, 0.25) is 5.02 Å². The second-order valence-corrected chi connectivity index (χ2v) is 5.54. The quantitative estimate of drug-likeness (QED) is 0.501. The zero-order valence-electron chi connectivity index (χ0n) is 11.8. The highest BCUT2D eigenvalue weighted by molar-refractivity contribution is 7.80. The van der Waals surface area contributed by atoms with Crippen molar-refractivity contribution in [1.82, 2.24) is 5.32 Å². The lowest BCUT2D eigenvalue weighted by molar-refractivity contribution is -0.384. The number of hydrogen-bond donors (Lipinski definition) is 2. The highest BCUT2D eigenvalue weighted by Gasteiger charge is 2.08. The molecule has 5 nitrogen and oxygen atoms in total. The van der Waals surface area contributed by atoms with E-state index < -0.39 is 4.92 Å². The van der Waals surface area contributed by atoms with Crippen molar-refractivity contribution in [2.45, 2.75) is 13.5 Å². The van der Waals surface area contributed by atoms with Gasteiger partial charge in [0.2, 0.25) is 0 Å². The Hall–Kier alpha value is -2.18. The summed E-state index contributed by atoms with van der Waals surface area (Å²) in [5.74, 6) is 0. The van der Waals surface area contributed by atoms with Crippen LogP contribution in [0, 0.1) is 17.0 Å². The number of benzene rings is 2. The summed E-state index contributed by atoms with van der Waals surface area (Å²) in [7, 11) is 0. The number of anilines is 1. The van der Waals surface area contributed by atoms with Gasteiger partial charge in [0.25, 0.3) is 5.69 Å². The summed E-state index contributed by atoms with van der Waals surface area (Å²) in [5, 5.41) is 17.9. The second-order valence-electron chi connectivity index (χ2n) is 4.69. The number of hydrogen-bond acceptors (Lipinski definition) is 3. The molecule has 2 N–H and O–H groups in total. The van der Waals surface area contributed by atoms with Gasteiger partial charge < -0.3 is 10.6 Å². The van der Waals surface area contributed by atoms with Gasteiger partial charge >= 0.3 is 0 Å². The summed E-state index contributed by atoms with van der Waals surface area (Å²) in [6, 6.07) is 12.0. The van der Waals surface area contributed by atoms with E-state index in [4.69, 9.17) is 23.8 Å². The first kappa shape index (κ1) is 16.2. The van der Waals surface area contributed by atoms with Gasteiger partial charge in [-0.2, -0.15) is 0 Å². The van der Waals surface area contributed by atoms with Crippen LogP contribution in [0.5, 0.6) is 0 Å². The maximum Gasteiger partial charge on any atom is 0.269 e. The van der Waals surface area contributed by atoms with E-state index in [0.29, 0.717) is 16.7 Å². The van der Waals surface area contributed by atoms with Crippen LogP contribution in [0.4, 0.5) is 11.4 Å². The molecule has 0 aliphatic carbocycles. The standard InChI is InChI=1S/C15H14ClN3O2S/c1-10-8-13(19(20)21)6-7-14(10)18-15(22)17-9-11-2-4-12(16)5-3-11/h2-8H,9H2,1H3,(H2,17,18,22). The van der Waals surface area contributed by atoms with Crippen LogP contribution >= 0.6 is 23.8 Å². The lowest BCUT2D eigenvalue weighted by Gasteiger charge is -2.12. The first-order valence-corrected chi connectivity index (χ1v) is 7.28. The predicted molar refractivity (Wildman–Crippen MR) is 92.3 cm³/mol. The van der Waals surface area contributed by atoms with Gasteiger partial charge in [-0.15, -0.1) is 0 Å². The summed E-state index contributed by atoms with van der Waals surface area (Å²) in [6.45, 7) is 2.35. The van der Waals surface area contributed by atoms with E-state index in [0.717, 1.165) is 16.8 Å². The van der Waals surface area contributed by atoms with Crippen LogP contribution < -0.4 is 10.6 Å². The van der Waals surface area contributed by atoms with Gasteiger partial charge in [0.15, 0.2) is 5.11 Å². The van der Waals surface area contributed by atoms with Crippen LogP contribution in [-0.4, -0.2) is 10.0 Å². The Morgan fingerprint density at radius 1 is 1.27 bits per heavy atom. The van der Waals surface area contributed by atoms with Gasteiger partial charge in [-0.05, 0) is 48.5 Å². The molecular weight excluding hydrogens is 322 g/mol. The fraction of sp³-hybridized carbons (Fsp3) is 0.133. The largest absolute Gasteiger partial charge is 0.358 e. The van der Waals surface area contributed by atoms with Crippen molar-refractivity contribution in [3.05, 3.63) is 68.7 Å². The maximum atomic E-state index is 10.7. The first-order chi connectivity index (χ1) is 10.5. The number of nitrogens with one attached hydrogen (secondary N) is 2. The number of nitro benzene ring substituents is 1. The normalized spacial score (nSPS) is 10.1. The number of nitro groups is 1. The number of halogens is 1. The molecular formula is C15H14ClN3O2S. The molecule has 0 bridgehead atoms. The third-order valence-electron chi connectivity index (χ3n) is 3.04. The van der Waals surface area contributed by atoms with Crippen molar-refractivity contribution in [2.24, 2.45) is 0 Å². The average Bonchev–Trinajstić information content (AvgIpc) is 2.48. The van der Waals surface area contributed by atoms with Gasteiger partial charge in [-0.1, -0.05) is 23.7 Å². The third kappa shape index (κ3) is 4.41. The molecule has 0 fully saturated rings. The van der Waals surface area contributed by atoms with Crippen LogP contribution in [0.25, 0.3) is 0 Å². The van der Waals surface area contributed by atoms with Gasteiger partial charge in [0.05, 0.1) is 4.92 Å². The number of rotatable bonds is 4. The summed E-state index contributed by atoms with van der Waals surface area (Å²) >= 11 is 11.1. The van der Waals surface area contributed by atoms with Gasteiger partial charge in [0.1, 0.15) is 0 Å². The number of aryl methyl sites for hydroxylation is 1. The van der Waals surface area contributed by atoms with Crippen LogP contribution in [0.15, 0.2) is 42.5 Å². The molecule has 0 aromatic heterocycles. The van der Waals surface area contributed by atoms with E-state index in [1.807, 2.05) is 24.3 Å². The molecule has 22 heavy (non-hydrogen) atoms. The lowest BCUT2D eigenvalue weighted by Crippen LogP contribution is -2.28. The molecule has 2 rings (SSSR count). The fourth-order valence-corrected chi connectivity index (χ4v) is 2.16. The minimum absolute atomic E-state index is 0.0584. The molecule has 2 aromatic rings. The van der Waals surface area contributed by atoms with E-state index in [1.54, 1.807) is 13.0 Å². The van der Waals surface area contributed by atoms with E-state index in [2.05, 4.69) is 10.6 Å². The Labute approximate surface area is 138 Å². The molecule has 0 unspecified atom stereocenters. The first-order valence-electron chi connectivity index (χ1n) is 6.50. The third-order valence-corrected chi connectivity index (χ3v) is 3.53. The van der Waals surface area contributed by atoms with Crippen molar-refractivity contribution >= 4 is 40.3 Å². The Bertz CT molecular complexity index is 704. The Morgan fingerprint density at radius 3 is 2.55 bits per heavy atom. The topological polar surface area (TPSA) is 67.2 Å². The zero-order valence-corrected chi connectivity index (χ0v) is 13.4. The summed E-state index contributed by atoms with van der Waals surface area (Å²) in [5.41, 5.74) is 2.60. The Balaban J connectivity index is 1.94. The number of nitrogens with zero attached hydrogens (tertiary/aromatic N) is 1. The summed E-state index contributed by atoms with van der Waals surface area (Å²) in [4.78, 5) is 10.3. The molecule has 0 saturated heterocycles. The van der Waals surface area contributed by atoms with E-state index in [1.165, 1.54) is 12.1 Å². The second kappa shape index (κ2) is 7.20. The SMILES string of the molecule is Cc1cc([N+](=O)[O-])ccc1NC(=S)NCc1ccc(Cl)cc1. The Morgan fingerprint density at radius 2 is 1.95 bits per heavy atom. The Kier molecular flexibility index (Phi) is 5.30. The van der Waals surface area contributed by atoms with Gasteiger partial charge in [0, 0.05) is 29.4 Å². The average molecular weight is 336 g/mol. The lowest BCUT2D eigenvalue weighted by atomic mass is 10.2. The van der Waals surface area contributed by atoms with E-state index >= 15 is 0 Å². The van der Waals surface area contributed by atoms with Crippen molar-refractivity contribution in [1.29, 1.82) is 0 Å². The summed E-state index contributed by atoms with van der Waals surface area (Å²) in [6.07, 6.45) is 0. The predicted octanol–water partition coefficient (Wildman–Crippen LogP) is 4.04. The molecule has 0 saturated carbocycles. The number of non-ortho nitro benzene ring substituents is 1. The van der Waals surface area contributed by atoms with Crippen LogP contribution in [-0.2, 0) is 6.54 Å². The van der Waals surface area contributed by atoms with Crippen molar-refractivity contribution < 1.29 is 4.92 Å². The van der Waals surface area contributed by atoms with E-state index in [-0.39, 0.29) is 5.69 Å². The smallest absolute Gasteiger partial charge is 0.269 e. The molecule has 0 amide bonds. The molecule has 0 aliphatic rings. The van der Waals surface area contributed by atoms with Crippen molar-refractivity contribution in [3.8, 4) is 0 Å². The van der Waals surface area contributed by atoms with Gasteiger partial charge in [-0.25, -0.2) is 0 Å². The maximum absolute atomic E-state index is 10.7. The van der Waals surface area contributed by atoms with Gasteiger partial charge in [-0.3, -0.25) is 10.1 Å². The minimum atomic E-state index is -0.423. The van der Waals surface area contributed by atoms with E-state index in [9.17, 15) is 10.1 Å². The molecule has 2 aromatic carbocycles. The zero-order chi connectivity index (χ0) is 16.1. The molecule has 0 heterocycles. The highest BCUT2D eigenvalue weighted by atomic mass is 35.5. The molecule has 0 atom stereocenters. The molecule has 7 heteroatoms. The molecule has 114 valence electrons. The molecule has 0 radical (unpaired) electrons. The monoisotopic (exact) mass is 335 g/mol. The van der Waals surface area contributed by atoms with Crippen LogP contribution in [0.3, 0.4) is 0 Å². The molecule has 0 aliphatic heterocycles. The summed E-state index contributed by atoms with van der Waals surface area (Å²) < 4.78 is 0. The fourth-order valence-electron chi connectivity index (χ4n) is 1.85. The van der Waals surface area contributed by atoms with Crippen molar-refractivity contribution in [2.75, 3.05) is 5.32 Å². The minimum Gasteiger partial charge on any atom is -0.358 e. The van der Waals surface area contributed by atoms with Crippen LogP contribution in [0.1, 0.15) is 11.1 Å². The highest BCUT2D eigenvalue weighted by Crippen LogP contribution is 2.21. The van der Waals surface area contributed by atoms with Crippen molar-refractivity contribution in [3.63, 3.8) is 0 Å². The molecule has 0 spiro atoms. The number of thiocarbonyl (C=S) groups is 1.